The monoisotopic (exact) mass is 244 g/mol. The Kier molecular flexibility index (Phi) is 4.90. The second-order valence-corrected chi connectivity index (χ2v) is 4.65. The van der Waals surface area contributed by atoms with Gasteiger partial charge in [-0.05, 0) is 18.1 Å². The highest BCUT2D eigenvalue weighted by atomic mass is 16.5. The third-order valence-electron chi connectivity index (χ3n) is 2.82. The molecule has 18 heavy (non-hydrogen) atoms. The minimum atomic E-state index is -0.313. The maximum Gasteiger partial charge on any atom is 0.330 e. The molecule has 0 saturated heterocycles. The fourth-order valence-electron chi connectivity index (χ4n) is 1.58. The third-order valence-corrected chi connectivity index (χ3v) is 2.82. The van der Waals surface area contributed by atoms with E-state index in [1.54, 1.807) is 6.92 Å². The number of hydrogen-bond donors (Lipinski definition) is 0. The largest absolute Gasteiger partial charge is 0.463 e. The molecule has 0 aromatic heterocycles. The molecule has 2 nitrogen and oxygen atoms in total. The molecule has 0 aliphatic carbocycles. The zero-order valence-corrected chi connectivity index (χ0v) is 11.3. The summed E-state index contributed by atoms with van der Waals surface area (Å²) in [5, 5.41) is 0. The lowest BCUT2D eigenvalue weighted by Gasteiger charge is -2.23. The zero-order valence-electron chi connectivity index (χ0n) is 11.3. The Morgan fingerprint density at radius 1 is 1.33 bits per heavy atom. The minimum Gasteiger partial charge on any atom is -0.463 e. The van der Waals surface area contributed by atoms with Crippen LogP contribution in [0.15, 0.2) is 49.1 Å². The molecule has 0 radical (unpaired) electrons. The molecule has 0 fully saturated rings. The smallest absolute Gasteiger partial charge is 0.330 e. The molecular formula is C16H20O2. The van der Waals surface area contributed by atoms with Gasteiger partial charge in [-0.2, -0.15) is 0 Å². The van der Waals surface area contributed by atoms with Crippen molar-refractivity contribution in [2.45, 2.75) is 20.8 Å². The first kappa shape index (κ1) is 14.2. The van der Waals surface area contributed by atoms with Crippen LogP contribution in [-0.4, -0.2) is 12.6 Å². The van der Waals surface area contributed by atoms with Gasteiger partial charge < -0.3 is 4.74 Å². The Hall–Kier alpha value is -1.83. The Bertz CT molecular complexity index is 441. The van der Waals surface area contributed by atoms with Crippen LogP contribution < -0.4 is 0 Å². The van der Waals surface area contributed by atoms with Gasteiger partial charge in [-0.25, -0.2) is 4.79 Å². The van der Waals surface area contributed by atoms with Gasteiger partial charge in [-0.15, -0.1) is 0 Å². The number of hydrogen-bond acceptors (Lipinski definition) is 2. The standard InChI is InChI=1S/C16H20O2/c1-5-18-15(17)11-12-16(3,4)13(2)14-9-7-6-8-10-14/h6-12H,2,5H2,1,3-4H3. The summed E-state index contributed by atoms with van der Waals surface area (Å²) in [5.41, 5.74) is 1.77. The molecule has 96 valence electrons. The number of ether oxygens (including phenoxy) is 1. The molecule has 1 rings (SSSR count). The maximum absolute atomic E-state index is 11.3. The van der Waals surface area contributed by atoms with Crippen molar-refractivity contribution < 1.29 is 9.53 Å². The highest BCUT2D eigenvalue weighted by Gasteiger charge is 2.19. The summed E-state index contributed by atoms with van der Waals surface area (Å²) < 4.78 is 4.87. The van der Waals surface area contributed by atoms with Gasteiger partial charge in [0.05, 0.1) is 6.61 Å². The third kappa shape index (κ3) is 3.88. The van der Waals surface area contributed by atoms with Gasteiger partial charge in [0.1, 0.15) is 0 Å². The lowest BCUT2D eigenvalue weighted by atomic mass is 9.81. The van der Waals surface area contributed by atoms with E-state index in [0.29, 0.717) is 6.61 Å². The first-order valence-electron chi connectivity index (χ1n) is 6.08. The highest BCUT2D eigenvalue weighted by molar-refractivity contribution is 5.83. The van der Waals surface area contributed by atoms with Crippen molar-refractivity contribution in [1.82, 2.24) is 0 Å². The molecule has 0 unspecified atom stereocenters. The van der Waals surface area contributed by atoms with Crippen molar-refractivity contribution in [3.05, 3.63) is 54.6 Å². The molecule has 0 aliphatic rings. The van der Waals surface area contributed by atoms with E-state index in [2.05, 4.69) is 6.58 Å². The van der Waals surface area contributed by atoms with E-state index in [1.807, 2.05) is 50.3 Å². The van der Waals surface area contributed by atoms with E-state index >= 15 is 0 Å². The van der Waals surface area contributed by atoms with Crippen LogP contribution in [-0.2, 0) is 9.53 Å². The SMILES string of the molecule is C=C(c1ccccc1)C(C)(C)C=CC(=O)OCC. The normalized spacial score (nSPS) is 11.5. The molecule has 1 aromatic rings. The molecular weight excluding hydrogens is 224 g/mol. The molecule has 0 heterocycles. The second kappa shape index (κ2) is 6.20. The molecule has 0 amide bonds. The predicted molar refractivity (Wildman–Crippen MR) is 75.0 cm³/mol. The van der Waals surface area contributed by atoms with E-state index in [4.69, 9.17) is 4.74 Å². The molecule has 0 aliphatic heterocycles. The van der Waals surface area contributed by atoms with Crippen LogP contribution in [0.1, 0.15) is 26.3 Å². The van der Waals surface area contributed by atoms with Crippen molar-refractivity contribution in [2.75, 3.05) is 6.61 Å². The van der Waals surface area contributed by atoms with Gasteiger partial charge in [0.15, 0.2) is 0 Å². The Balaban J connectivity index is 2.81. The fourth-order valence-corrected chi connectivity index (χ4v) is 1.58. The van der Waals surface area contributed by atoms with E-state index in [1.165, 1.54) is 6.08 Å². The van der Waals surface area contributed by atoms with Crippen LogP contribution in [0.5, 0.6) is 0 Å². The van der Waals surface area contributed by atoms with E-state index in [9.17, 15) is 4.79 Å². The Labute approximate surface area is 109 Å². The first-order chi connectivity index (χ1) is 8.47. The summed E-state index contributed by atoms with van der Waals surface area (Å²) >= 11 is 0. The Morgan fingerprint density at radius 3 is 2.50 bits per heavy atom. The molecule has 1 aromatic carbocycles. The van der Waals surface area contributed by atoms with Crippen molar-refractivity contribution >= 4 is 11.5 Å². The second-order valence-electron chi connectivity index (χ2n) is 4.65. The summed E-state index contributed by atoms with van der Waals surface area (Å²) in [6.45, 7) is 10.4. The van der Waals surface area contributed by atoms with Crippen LogP contribution in [0.25, 0.3) is 5.57 Å². The zero-order chi connectivity index (χ0) is 13.6. The van der Waals surface area contributed by atoms with Gasteiger partial charge in [-0.3, -0.25) is 0 Å². The van der Waals surface area contributed by atoms with Crippen LogP contribution in [0.3, 0.4) is 0 Å². The molecule has 0 N–H and O–H groups in total. The topological polar surface area (TPSA) is 26.3 Å². The average Bonchev–Trinajstić information content (AvgIpc) is 2.37. The number of carbonyl (C=O) groups excluding carboxylic acids is 1. The average molecular weight is 244 g/mol. The molecule has 0 spiro atoms. The van der Waals surface area contributed by atoms with Crippen LogP contribution >= 0.6 is 0 Å². The summed E-state index contributed by atoms with van der Waals surface area (Å²) in [6.07, 6.45) is 3.30. The van der Waals surface area contributed by atoms with Crippen molar-refractivity contribution in [3.63, 3.8) is 0 Å². The summed E-state index contributed by atoms with van der Waals surface area (Å²) in [5.74, 6) is -0.313. The van der Waals surface area contributed by atoms with Crippen LogP contribution in [0, 0.1) is 5.41 Å². The van der Waals surface area contributed by atoms with E-state index in [0.717, 1.165) is 11.1 Å². The predicted octanol–water partition coefficient (Wildman–Crippen LogP) is 3.85. The lowest BCUT2D eigenvalue weighted by molar-refractivity contribution is -0.137. The molecule has 2 heteroatoms. The molecule has 0 bridgehead atoms. The van der Waals surface area contributed by atoms with Crippen molar-refractivity contribution in [1.29, 1.82) is 0 Å². The number of carbonyl (C=O) groups is 1. The van der Waals surface area contributed by atoms with Crippen molar-refractivity contribution in [2.24, 2.45) is 5.41 Å². The number of rotatable bonds is 5. The lowest BCUT2D eigenvalue weighted by Crippen LogP contribution is -2.11. The quantitative estimate of drug-likeness (QED) is 0.581. The maximum atomic E-state index is 11.3. The van der Waals surface area contributed by atoms with Crippen LogP contribution in [0.4, 0.5) is 0 Å². The first-order valence-corrected chi connectivity index (χ1v) is 6.08. The molecule has 0 atom stereocenters. The van der Waals surface area contributed by atoms with Gasteiger partial charge in [0, 0.05) is 11.5 Å². The highest BCUT2D eigenvalue weighted by Crippen LogP contribution is 2.34. The minimum absolute atomic E-state index is 0.284. The van der Waals surface area contributed by atoms with Crippen LogP contribution in [0.2, 0.25) is 0 Å². The summed E-state index contributed by atoms with van der Waals surface area (Å²) in [7, 11) is 0. The van der Waals surface area contributed by atoms with Gasteiger partial charge in [-0.1, -0.05) is 56.8 Å². The van der Waals surface area contributed by atoms with E-state index < -0.39 is 0 Å². The molecule has 0 saturated carbocycles. The van der Waals surface area contributed by atoms with E-state index in [-0.39, 0.29) is 11.4 Å². The Morgan fingerprint density at radius 2 is 1.94 bits per heavy atom. The van der Waals surface area contributed by atoms with Crippen molar-refractivity contribution in [3.8, 4) is 0 Å². The van der Waals surface area contributed by atoms with Gasteiger partial charge in [0.25, 0.3) is 0 Å². The number of benzene rings is 1. The number of allylic oxidation sites excluding steroid dienone is 2. The number of esters is 1. The fraction of sp³-hybridized carbons (Fsp3) is 0.312. The summed E-state index contributed by atoms with van der Waals surface area (Å²) in [4.78, 5) is 11.3. The summed E-state index contributed by atoms with van der Waals surface area (Å²) in [6, 6.07) is 9.96. The van der Waals surface area contributed by atoms with Gasteiger partial charge >= 0.3 is 5.97 Å². The van der Waals surface area contributed by atoms with Gasteiger partial charge in [0.2, 0.25) is 0 Å².